The lowest BCUT2D eigenvalue weighted by Crippen LogP contribution is -2.50. The topological polar surface area (TPSA) is 39.1 Å². The van der Waals surface area contributed by atoms with Gasteiger partial charge < -0.3 is 5.32 Å². The second-order valence-electron chi connectivity index (χ2n) is 4.39. The first-order valence-corrected chi connectivity index (χ1v) is 5.80. The van der Waals surface area contributed by atoms with Crippen molar-refractivity contribution in [1.29, 1.82) is 5.26 Å². The highest BCUT2D eigenvalue weighted by Gasteiger charge is 2.22. The molecule has 2 rings (SSSR count). The molecule has 90 valence electrons. The fourth-order valence-corrected chi connectivity index (χ4v) is 2.09. The van der Waals surface area contributed by atoms with Gasteiger partial charge in [-0.2, -0.15) is 5.26 Å². The summed E-state index contributed by atoms with van der Waals surface area (Å²) >= 11 is 0. The Bertz CT molecular complexity index is 439. The average molecular weight is 233 g/mol. The van der Waals surface area contributed by atoms with Gasteiger partial charge in [0, 0.05) is 26.2 Å². The minimum Gasteiger partial charge on any atom is -0.313 e. The van der Waals surface area contributed by atoms with Crippen LogP contribution < -0.4 is 5.32 Å². The molecule has 1 aliphatic rings. The predicted octanol–water partition coefficient (Wildman–Crippen LogP) is 1.43. The van der Waals surface area contributed by atoms with Crippen LogP contribution in [0.4, 0.5) is 4.39 Å². The van der Waals surface area contributed by atoms with Crippen LogP contribution in [-0.4, -0.2) is 30.6 Å². The van der Waals surface area contributed by atoms with Crippen LogP contribution in [-0.2, 0) is 6.54 Å². The Labute approximate surface area is 101 Å². The summed E-state index contributed by atoms with van der Waals surface area (Å²) in [6.07, 6.45) is 0. The number of hydrogen-bond acceptors (Lipinski definition) is 3. The number of piperazine rings is 1. The van der Waals surface area contributed by atoms with Crippen molar-refractivity contribution < 1.29 is 4.39 Å². The van der Waals surface area contributed by atoms with Gasteiger partial charge in [0.05, 0.1) is 6.07 Å². The smallest absolute Gasteiger partial charge is 0.123 e. The first-order chi connectivity index (χ1) is 8.20. The lowest BCUT2D eigenvalue weighted by molar-refractivity contribution is 0.189. The van der Waals surface area contributed by atoms with E-state index in [1.165, 1.54) is 6.07 Å². The zero-order valence-electron chi connectivity index (χ0n) is 9.91. The zero-order valence-corrected chi connectivity index (χ0v) is 9.91. The van der Waals surface area contributed by atoms with E-state index in [-0.39, 0.29) is 11.9 Å². The van der Waals surface area contributed by atoms with Gasteiger partial charge in [-0.25, -0.2) is 4.39 Å². The molecule has 3 nitrogen and oxygen atoms in total. The molecule has 1 aliphatic heterocycles. The monoisotopic (exact) mass is 233 g/mol. The van der Waals surface area contributed by atoms with E-state index in [1.54, 1.807) is 12.1 Å². The van der Waals surface area contributed by atoms with Gasteiger partial charge >= 0.3 is 0 Å². The Hall–Kier alpha value is -1.44. The van der Waals surface area contributed by atoms with Gasteiger partial charge in [-0.15, -0.1) is 0 Å². The Morgan fingerprint density at radius 3 is 3.18 bits per heavy atom. The van der Waals surface area contributed by atoms with Crippen LogP contribution in [0.1, 0.15) is 11.1 Å². The van der Waals surface area contributed by atoms with Crippen LogP contribution in [0.25, 0.3) is 0 Å². The highest BCUT2D eigenvalue weighted by atomic mass is 19.1. The van der Waals surface area contributed by atoms with Crippen LogP contribution in [0.15, 0.2) is 18.2 Å². The average Bonchev–Trinajstić information content (AvgIpc) is 2.34. The van der Waals surface area contributed by atoms with Gasteiger partial charge in [0.15, 0.2) is 0 Å². The van der Waals surface area contributed by atoms with Crippen LogP contribution in [0.5, 0.6) is 0 Å². The van der Waals surface area contributed by atoms with Crippen molar-refractivity contribution in [2.45, 2.75) is 19.5 Å². The Morgan fingerprint density at radius 1 is 1.59 bits per heavy atom. The third kappa shape index (κ3) is 2.82. The minimum atomic E-state index is -0.214. The fourth-order valence-electron chi connectivity index (χ4n) is 2.09. The van der Waals surface area contributed by atoms with E-state index >= 15 is 0 Å². The fraction of sp³-hybridized carbons (Fsp3) is 0.462. The van der Waals surface area contributed by atoms with Gasteiger partial charge in [-0.05, 0) is 30.2 Å². The predicted molar refractivity (Wildman–Crippen MR) is 63.8 cm³/mol. The summed E-state index contributed by atoms with van der Waals surface area (Å²) in [5.41, 5.74) is 2.04. The Balaban J connectivity index is 2.14. The van der Waals surface area contributed by atoms with E-state index in [9.17, 15) is 4.39 Å². The molecule has 1 N–H and O–H groups in total. The van der Waals surface area contributed by atoms with Gasteiger partial charge in [0.2, 0.25) is 0 Å². The molecule has 17 heavy (non-hydrogen) atoms. The Morgan fingerprint density at radius 2 is 2.41 bits per heavy atom. The molecule has 0 spiro atoms. The molecule has 0 aliphatic carbocycles. The normalized spacial score (nSPS) is 21.1. The molecule has 1 aromatic rings. The number of nitrogens with zero attached hydrogens (tertiary/aromatic N) is 2. The standard InChI is InChI=1S/C13H16FN3/c1-10-2-3-12(14)6-11(10)9-17-5-4-16-8-13(17)7-15/h2-3,6,13,16H,4-5,8-9H2,1H3. The minimum absolute atomic E-state index is 0.119. The maximum Gasteiger partial charge on any atom is 0.123 e. The highest BCUT2D eigenvalue weighted by Crippen LogP contribution is 2.15. The third-order valence-corrected chi connectivity index (χ3v) is 3.19. The van der Waals surface area contributed by atoms with E-state index in [1.807, 2.05) is 6.92 Å². The van der Waals surface area contributed by atoms with Crippen LogP contribution in [0, 0.1) is 24.1 Å². The van der Waals surface area contributed by atoms with Gasteiger partial charge in [-0.3, -0.25) is 4.90 Å². The van der Waals surface area contributed by atoms with Crippen LogP contribution in [0.3, 0.4) is 0 Å². The zero-order chi connectivity index (χ0) is 12.3. The van der Waals surface area contributed by atoms with Gasteiger partial charge in [0.1, 0.15) is 11.9 Å². The van der Waals surface area contributed by atoms with Crippen molar-refractivity contribution in [1.82, 2.24) is 10.2 Å². The summed E-state index contributed by atoms with van der Waals surface area (Å²) in [5.74, 6) is -0.214. The van der Waals surface area contributed by atoms with E-state index in [0.717, 1.165) is 24.2 Å². The molecule has 1 atom stereocenters. The second-order valence-corrected chi connectivity index (χ2v) is 4.39. The first kappa shape index (κ1) is 12.0. The van der Waals surface area contributed by atoms with Gasteiger partial charge in [0.25, 0.3) is 0 Å². The highest BCUT2D eigenvalue weighted by molar-refractivity contribution is 5.26. The molecule has 1 fully saturated rings. The third-order valence-electron chi connectivity index (χ3n) is 3.19. The second kappa shape index (κ2) is 5.26. The van der Waals surface area contributed by atoms with Crippen molar-refractivity contribution in [2.24, 2.45) is 0 Å². The summed E-state index contributed by atoms with van der Waals surface area (Å²) in [5, 5.41) is 12.2. The molecule has 0 aromatic heterocycles. The SMILES string of the molecule is Cc1ccc(F)cc1CN1CCNCC1C#N. The van der Waals surface area contributed by atoms with Crippen molar-refractivity contribution in [2.75, 3.05) is 19.6 Å². The quantitative estimate of drug-likeness (QED) is 0.840. The molecule has 0 bridgehead atoms. The molecule has 4 heteroatoms. The molecule has 1 saturated heterocycles. The van der Waals surface area contributed by atoms with Crippen molar-refractivity contribution in [3.63, 3.8) is 0 Å². The molecule has 1 aromatic carbocycles. The summed E-state index contributed by atoms with van der Waals surface area (Å²) in [7, 11) is 0. The number of nitriles is 1. The van der Waals surface area contributed by atoms with Crippen LogP contribution in [0.2, 0.25) is 0 Å². The number of halogens is 1. The maximum absolute atomic E-state index is 13.2. The Kier molecular flexibility index (Phi) is 3.72. The first-order valence-electron chi connectivity index (χ1n) is 5.80. The summed E-state index contributed by atoms with van der Waals surface area (Å²) in [6, 6.07) is 6.98. The largest absolute Gasteiger partial charge is 0.313 e. The number of aryl methyl sites for hydroxylation is 1. The summed E-state index contributed by atoms with van der Waals surface area (Å²) < 4.78 is 13.2. The summed E-state index contributed by atoms with van der Waals surface area (Å²) in [4.78, 5) is 2.10. The number of nitrogens with one attached hydrogen (secondary N) is 1. The number of rotatable bonds is 2. The van der Waals surface area contributed by atoms with E-state index < -0.39 is 0 Å². The lowest BCUT2D eigenvalue weighted by atomic mass is 10.1. The van der Waals surface area contributed by atoms with E-state index in [0.29, 0.717) is 13.1 Å². The maximum atomic E-state index is 13.2. The van der Waals surface area contributed by atoms with E-state index in [4.69, 9.17) is 5.26 Å². The van der Waals surface area contributed by atoms with Gasteiger partial charge in [-0.1, -0.05) is 6.07 Å². The molecule has 0 amide bonds. The molecule has 1 unspecified atom stereocenters. The molecule has 1 heterocycles. The summed E-state index contributed by atoms with van der Waals surface area (Å²) in [6.45, 7) is 5.01. The van der Waals surface area contributed by atoms with Crippen LogP contribution >= 0.6 is 0 Å². The number of hydrogen-bond donors (Lipinski definition) is 1. The number of benzene rings is 1. The van der Waals surface area contributed by atoms with E-state index in [2.05, 4.69) is 16.3 Å². The molecule has 0 saturated carbocycles. The molecular formula is C13H16FN3. The van der Waals surface area contributed by atoms with Crippen molar-refractivity contribution >= 4 is 0 Å². The van der Waals surface area contributed by atoms with Crippen molar-refractivity contribution in [3.05, 3.63) is 35.1 Å². The molecule has 0 radical (unpaired) electrons. The molecular weight excluding hydrogens is 217 g/mol. The lowest BCUT2D eigenvalue weighted by Gasteiger charge is -2.32. The van der Waals surface area contributed by atoms with Crippen molar-refractivity contribution in [3.8, 4) is 6.07 Å².